The van der Waals surface area contributed by atoms with Gasteiger partial charge in [-0.2, -0.15) is 0 Å². The smallest absolute Gasteiger partial charge is 0.336 e. The predicted molar refractivity (Wildman–Crippen MR) is 187 cm³/mol. The molecule has 5 rings (SSSR count). The first-order valence-corrected chi connectivity index (χ1v) is 17.7. The Labute approximate surface area is 286 Å². The minimum atomic E-state index is -4.45. The summed E-state index contributed by atoms with van der Waals surface area (Å²) in [4.78, 5) is 29.4. The van der Waals surface area contributed by atoms with Crippen molar-refractivity contribution in [1.82, 2.24) is 14.8 Å². The average molecular weight is 684 g/mol. The van der Waals surface area contributed by atoms with Crippen LogP contribution in [-0.4, -0.2) is 50.8 Å². The zero-order chi connectivity index (χ0) is 34.1. The van der Waals surface area contributed by atoms with Gasteiger partial charge in [0.2, 0.25) is 9.84 Å². The average Bonchev–Trinajstić information content (AvgIpc) is 3.52. The Balaban J connectivity index is 0.00000541. The largest absolute Gasteiger partial charge is 0.478 e. The number of nitrogens with zero attached hydrogens (tertiary/aromatic N) is 3. The molecule has 0 saturated carbocycles. The van der Waals surface area contributed by atoms with Gasteiger partial charge in [-0.05, 0) is 40.8 Å². The van der Waals surface area contributed by atoms with Crippen molar-refractivity contribution in [2.75, 3.05) is 0 Å². The number of benzene rings is 4. The number of carboxylic acid groups (broad SMARTS) is 2. The van der Waals surface area contributed by atoms with E-state index in [-0.39, 0.29) is 22.2 Å². The van der Waals surface area contributed by atoms with Gasteiger partial charge in [0.1, 0.15) is 17.1 Å². The second kappa shape index (κ2) is 16.8. The third kappa shape index (κ3) is 8.30. The van der Waals surface area contributed by atoms with Crippen LogP contribution in [0.15, 0.2) is 114 Å². The lowest BCUT2D eigenvalue weighted by molar-refractivity contribution is 0.0684. The molecule has 0 spiro atoms. The Morgan fingerprint density at radius 3 is 1.76 bits per heavy atom. The van der Waals surface area contributed by atoms with E-state index in [0.29, 0.717) is 28.9 Å². The maximum absolute atomic E-state index is 14.8. The van der Waals surface area contributed by atoms with E-state index in [1.807, 2.05) is 30.3 Å². The number of unbranched alkanes of at least 4 members (excludes halogenated alkanes) is 5. The van der Waals surface area contributed by atoms with Crippen LogP contribution in [0, 0.1) is 0 Å². The van der Waals surface area contributed by atoms with E-state index in [0.717, 1.165) is 38.5 Å². The van der Waals surface area contributed by atoms with Gasteiger partial charge >= 0.3 is 11.9 Å². The fourth-order valence-corrected chi connectivity index (χ4v) is 7.79. The highest BCUT2D eigenvalue weighted by Gasteiger charge is 2.38. The van der Waals surface area contributed by atoms with Gasteiger partial charge in [0.15, 0.2) is 0 Å². The molecule has 4 N–H and O–H groups in total. The fourth-order valence-electron chi connectivity index (χ4n) is 6.09. The van der Waals surface area contributed by atoms with Crippen LogP contribution in [0.2, 0.25) is 0 Å². The third-order valence-electron chi connectivity index (χ3n) is 8.42. The van der Waals surface area contributed by atoms with E-state index < -0.39 is 38.2 Å². The highest BCUT2D eigenvalue weighted by molar-refractivity contribution is 7.91. The van der Waals surface area contributed by atoms with Crippen molar-refractivity contribution in [3.63, 3.8) is 0 Å². The third-order valence-corrected chi connectivity index (χ3v) is 10.3. The van der Waals surface area contributed by atoms with Crippen LogP contribution < -0.4 is 0 Å². The van der Waals surface area contributed by atoms with Gasteiger partial charge in [0.05, 0.1) is 11.1 Å². The molecule has 11 heteroatoms. The van der Waals surface area contributed by atoms with Gasteiger partial charge in [-0.25, -0.2) is 27.7 Å². The van der Waals surface area contributed by atoms with E-state index in [9.17, 15) is 28.2 Å². The molecule has 0 aliphatic rings. The molecule has 5 aromatic rings. The molecule has 10 nitrogen and oxygen atoms in total. The van der Waals surface area contributed by atoms with E-state index in [1.165, 1.54) is 18.2 Å². The number of aromatic carboxylic acids is 2. The lowest BCUT2D eigenvalue weighted by Crippen LogP contribution is -2.21. The Morgan fingerprint density at radius 1 is 0.673 bits per heavy atom. The zero-order valence-electron chi connectivity index (χ0n) is 27.3. The Hall–Kier alpha value is -5.13. The van der Waals surface area contributed by atoms with Crippen LogP contribution in [-0.2, 0) is 16.3 Å². The monoisotopic (exact) mass is 683 g/mol. The summed E-state index contributed by atoms with van der Waals surface area (Å²) >= 11 is 0. The molecule has 1 heterocycles. The Bertz CT molecular complexity index is 1960. The normalized spacial score (nSPS) is 12.5. The topological polar surface area (TPSA) is 171 Å². The highest BCUT2D eigenvalue weighted by Crippen LogP contribution is 2.37. The summed E-state index contributed by atoms with van der Waals surface area (Å²) < 4.78 is 31.1. The highest BCUT2D eigenvalue weighted by atomic mass is 32.2. The number of carboxylic acids is 2. The van der Waals surface area contributed by atoms with Crippen molar-refractivity contribution in [2.45, 2.75) is 68.3 Å². The SMILES string of the molecule is CCCCCCCCc1nc(S(=O)(=O)C(c2ccccc2)c2ccccc2C(=O)O)nn1C(c1ccccc1)c1ccccc1C(=O)O.O. The second-order valence-electron chi connectivity index (χ2n) is 11.7. The maximum atomic E-state index is 14.8. The maximum Gasteiger partial charge on any atom is 0.336 e. The number of sulfone groups is 1. The van der Waals surface area contributed by atoms with Gasteiger partial charge in [-0.15, -0.1) is 5.10 Å². The van der Waals surface area contributed by atoms with Crippen LogP contribution in [0.25, 0.3) is 0 Å². The van der Waals surface area contributed by atoms with Crippen LogP contribution >= 0.6 is 0 Å². The first-order chi connectivity index (χ1) is 23.2. The van der Waals surface area contributed by atoms with Crippen molar-refractivity contribution < 1.29 is 33.7 Å². The number of aromatic nitrogens is 3. The summed E-state index contributed by atoms with van der Waals surface area (Å²) in [7, 11) is -4.45. The van der Waals surface area contributed by atoms with Crippen molar-refractivity contribution in [2.24, 2.45) is 0 Å². The van der Waals surface area contributed by atoms with Gasteiger partial charge in [0.25, 0.3) is 5.16 Å². The predicted octanol–water partition coefficient (Wildman–Crippen LogP) is 6.95. The molecule has 2 atom stereocenters. The first-order valence-electron chi connectivity index (χ1n) is 16.2. The number of hydrogen-bond donors (Lipinski definition) is 2. The molecule has 0 aliphatic heterocycles. The van der Waals surface area contributed by atoms with Crippen molar-refractivity contribution >= 4 is 21.8 Å². The molecule has 1 aromatic heterocycles. The standard InChI is InChI=1S/C38H39N3O6S.H2O/c1-2-3-4-5-6-13-26-33-39-38(40-41(33)34(27-18-9-7-10-19-27)29-22-14-16-24-31(29)36(42)43)48(46,47)35(28-20-11-8-12-21-28)30-23-15-17-25-32(30)37(44)45;/h7-12,14-25,34-35H,2-6,13,26H2,1H3,(H,42,43)(H,44,45);1H2. The summed E-state index contributed by atoms with van der Waals surface area (Å²) in [5, 5.41) is 23.0. The quantitative estimate of drug-likeness (QED) is 0.105. The van der Waals surface area contributed by atoms with Crippen molar-refractivity contribution in [3.8, 4) is 0 Å². The molecule has 0 fully saturated rings. The summed E-state index contributed by atoms with van der Waals surface area (Å²) in [6.07, 6.45) is 6.44. The van der Waals surface area contributed by atoms with Crippen molar-refractivity contribution in [1.29, 1.82) is 0 Å². The Kier molecular flexibility index (Phi) is 12.6. The van der Waals surface area contributed by atoms with Gasteiger partial charge < -0.3 is 15.7 Å². The zero-order valence-corrected chi connectivity index (χ0v) is 28.1. The van der Waals surface area contributed by atoms with E-state index in [1.54, 1.807) is 65.3 Å². The van der Waals surface area contributed by atoms with Crippen molar-refractivity contribution in [3.05, 3.63) is 148 Å². The molecule has 4 aromatic carbocycles. The van der Waals surface area contributed by atoms with E-state index >= 15 is 0 Å². The molecule has 2 unspecified atom stereocenters. The molecular weight excluding hydrogens is 642 g/mol. The first kappa shape index (κ1) is 36.7. The Morgan fingerprint density at radius 2 is 1.16 bits per heavy atom. The van der Waals surface area contributed by atoms with Crippen LogP contribution in [0.5, 0.6) is 0 Å². The molecule has 0 bridgehead atoms. The van der Waals surface area contributed by atoms with E-state index in [4.69, 9.17) is 0 Å². The van der Waals surface area contributed by atoms with Crippen LogP contribution in [0.1, 0.15) is 106 Å². The molecule has 49 heavy (non-hydrogen) atoms. The van der Waals surface area contributed by atoms with Crippen LogP contribution in [0.3, 0.4) is 0 Å². The fraction of sp³-hybridized carbons (Fsp3) is 0.263. The summed E-state index contributed by atoms with van der Waals surface area (Å²) in [6.45, 7) is 2.15. The summed E-state index contributed by atoms with van der Waals surface area (Å²) in [5.41, 5.74) is 1.54. The lowest BCUT2D eigenvalue weighted by Gasteiger charge is -2.22. The number of carbonyl (C=O) groups is 2. The molecule has 256 valence electrons. The van der Waals surface area contributed by atoms with E-state index in [2.05, 4.69) is 17.0 Å². The minimum absolute atomic E-state index is 0. The summed E-state index contributed by atoms with van der Waals surface area (Å²) in [5.74, 6) is -1.97. The van der Waals surface area contributed by atoms with Gasteiger partial charge in [-0.1, -0.05) is 136 Å². The second-order valence-corrected chi connectivity index (χ2v) is 13.6. The molecular formula is C38H41N3O7S. The lowest BCUT2D eigenvalue weighted by atomic mass is 9.94. The molecule has 0 amide bonds. The molecule has 0 aliphatic carbocycles. The van der Waals surface area contributed by atoms with Gasteiger partial charge in [0, 0.05) is 6.42 Å². The van der Waals surface area contributed by atoms with Crippen LogP contribution in [0.4, 0.5) is 0 Å². The number of aryl methyl sites for hydroxylation is 1. The minimum Gasteiger partial charge on any atom is -0.478 e. The summed E-state index contributed by atoms with van der Waals surface area (Å²) in [6, 6.07) is 29.5. The number of rotatable bonds is 16. The molecule has 0 saturated heterocycles. The van der Waals surface area contributed by atoms with Gasteiger partial charge in [-0.3, -0.25) is 0 Å². The number of hydrogen-bond acceptors (Lipinski definition) is 6. The molecule has 0 radical (unpaired) electrons.